The van der Waals surface area contributed by atoms with Crippen molar-refractivity contribution in [1.29, 1.82) is 0 Å². The Morgan fingerprint density at radius 2 is 2.33 bits per heavy atom. The van der Waals surface area contributed by atoms with Crippen LogP contribution in [0, 0.1) is 0 Å². The van der Waals surface area contributed by atoms with Gasteiger partial charge >= 0.3 is 5.97 Å². The van der Waals surface area contributed by atoms with Crippen LogP contribution in [0.2, 0.25) is 0 Å². The van der Waals surface area contributed by atoms with E-state index in [1.165, 1.54) is 0 Å². The van der Waals surface area contributed by atoms with Gasteiger partial charge in [-0.1, -0.05) is 13.0 Å². The minimum absolute atomic E-state index is 0.484. The van der Waals surface area contributed by atoms with Crippen molar-refractivity contribution in [3.8, 4) is 0 Å². The van der Waals surface area contributed by atoms with Gasteiger partial charge in [-0.05, 0) is 13.3 Å². The first-order valence-electron chi connectivity index (χ1n) is 2.77. The molecule has 1 N–H and O–H groups in total. The van der Waals surface area contributed by atoms with Crippen molar-refractivity contribution < 1.29 is 14.9 Å². The number of carbonyl (C=O) groups excluding carboxylic acids is 1. The van der Waals surface area contributed by atoms with E-state index in [9.17, 15) is 4.79 Å². The molecular formula is C6H10O3. The van der Waals surface area contributed by atoms with E-state index in [1.807, 2.05) is 6.92 Å². The Balaban J connectivity index is 3.97. The van der Waals surface area contributed by atoms with E-state index < -0.39 is 5.97 Å². The van der Waals surface area contributed by atoms with E-state index in [-0.39, 0.29) is 0 Å². The second-order valence-electron chi connectivity index (χ2n) is 1.55. The summed E-state index contributed by atoms with van der Waals surface area (Å²) < 4.78 is 0. The molecule has 3 heteroatoms. The summed E-state index contributed by atoms with van der Waals surface area (Å²) >= 11 is 0. The molecule has 0 aromatic carbocycles. The third kappa shape index (κ3) is 2.28. The van der Waals surface area contributed by atoms with Gasteiger partial charge < -0.3 is 0 Å². The van der Waals surface area contributed by atoms with Crippen molar-refractivity contribution in [3.05, 3.63) is 11.6 Å². The first-order chi connectivity index (χ1) is 4.26. The molecule has 0 aromatic rings. The summed E-state index contributed by atoms with van der Waals surface area (Å²) in [4.78, 5) is 13.9. The molecule has 0 aliphatic heterocycles. The van der Waals surface area contributed by atoms with Gasteiger partial charge in [-0.25, -0.2) is 4.79 Å². The van der Waals surface area contributed by atoms with Crippen LogP contribution in [0.3, 0.4) is 0 Å². The van der Waals surface area contributed by atoms with Crippen molar-refractivity contribution in [2.45, 2.75) is 20.3 Å². The summed E-state index contributed by atoms with van der Waals surface area (Å²) in [6, 6.07) is 0. The maximum atomic E-state index is 10.4. The summed E-state index contributed by atoms with van der Waals surface area (Å²) in [5.74, 6) is -0.667. The molecule has 0 unspecified atom stereocenters. The summed E-state index contributed by atoms with van der Waals surface area (Å²) in [5, 5.41) is 7.88. The topological polar surface area (TPSA) is 46.5 Å². The highest BCUT2D eigenvalue weighted by Crippen LogP contribution is 2.00. The molecule has 0 heterocycles. The maximum Gasteiger partial charge on any atom is 0.368 e. The summed E-state index contributed by atoms with van der Waals surface area (Å²) in [6.07, 6.45) is 2.19. The van der Waals surface area contributed by atoms with Crippen LogP contribution in [0.4, 0.5) is 0 Å². The fraction of sp³-hybridized carbons (Fsp3) is 0.500. The van der Waals surface area contributed by atoms with E-state index in [0.717, 1.165) is 0 Å². The van der Waals surface area contributed by atoms with Gasteiger partial charge in [0.15, 0.2) is 0 Å². The highest BCUT2D eigenvalue weighted by atomic mass is 17.1. The van der Waals surface area contributed by atoms with Crippen molar-refractivity contribution in [2.75, 3.05) is 0 Å². The molecule has 0 spiro atoms. The summed E-state index contributed by atoms with van der Waals surface area (Å²) in [6.45, 7) is 3.53. The van der Waals surface area contributed by atoms with Gasteiger partial charge in [-0.15, -0.1) is 0 Å². The molecule has 0 fully saturated rings. The zero-order valence-electron chi connectivity index (χ0n) is 5.55. The van der Waals surface area contributed by atoms with Crippen molar-refractivity contribution in [1.82, 2.24) is 0 Å². The van der Waals surface area contributed by atoms with Crippen LogP contribution in [0.5, 0.6) is 0 Å². The second kappa shape index (κ2) is 4.09. The van der Waals surface area contributed by atoms with Crippen LogP contribution < -0.4 is 0 Å². The normalized spacial score (nSPS) is 11.2. The fourth-order valence-corrected chi connectivity index (χ4v) is 0.525. The molecule has 9 heavy (non-hydrogen) atoms. The molecule has 0 aliphatic carbocycles. The number of hydrogen-bond acceptors (Lipinski definition) is 3. The molecule has 0 aromatic heterocycles. The van der Waals surface area contributed by atoms with Gasteiger partial charge in [0, 0.05) is 5.57 Å². The first kappa shape index (κ1) is 8.17. The minimum atomic E-state index is -0.667. The Kier molecular flexibility index (Phi) is 3.71. The molecule has 0 radical (unpaired) electrons. The smallest absolute Gasteiger partial charge is 0.296 e. The largest absolute Gasteiger partial charge is 0.368 e. The number of hydrogen-bond donors (Lipinski definition) is 1. The quantitative estimate of drug-likeness (QED) is 0.348. The lowest BCUT2D eigenvalue weighted by molar-refractivity contribution is -0.229. The van der Waals surface area contributed by atoms with E-state index in [4.69, 9.17) is 5.26 Å². The minimum Gasteiger partial charge on any atom is -0.296 e. The van der Waals surface area contributed by atoms with Crippen LogP contribution >= 0.6 is 0 Å². The predicted molar refractivity (Wildman–Crippen MR) is 32.8 cm³/mol. The van der Waals surface area contributed by atoms with Gasteiger partial charge in [0.25, 0.3) is 0 Å². The summed E-state index contributed by atoms with van der Waals surface area (Å²) in [5.41, 5.74) is 0.484. The van der Waals surface area contributed by atoms with Crippen molar-refractivity contribution in [2.24, 2.45) is 0 Å². The molecule has 0 aliphatic rings. The zero-order chi connectivity index (χ0) is 7.28. The molecular weight excluding hydrogens is 120 g/mol. The van der Waals surface area contributed by atoms with Gasteiger partial charge in [0.1, 0.15) is 0 Å². The molecule has 0 atom stereocenters. The Labute approximate surface area is 53.9 Å². The van der Waals surface area contributed by atoms with Gasteiger partial charge in [0.2, 0.25) is 0 Å². The van der Waals surface area contributed by atoms with Gasteiger partial charge in [0.05, 0.1) is 0 Å². The van der Waals surface area contributed by atoms with Crippen molar-refractivity contribution in [3.63, 3.8) is 0 Å². The third-order valence-corrected chi connectivity index (χ3v) is 1.07. The maximum absolute atomic E-state index is 10.4. The van der Waals surface area contributed by atoms with Gasteiger partial charge in [-0.3, -0.25) is 4.89 Å². The standard InChI is InChI=1S/C6H10O3/c1-3-5(4-2)6(7)9-8/h3,8H,4H2,1-2H3/b5-3+. The Hall–Kier alpha value is -0.830. The lowest BCUT2D eigenvalue weighted by atomic mass is 10.2. The molecule has 0 bridgehead atoms. The summed E-state index contributed by atoms with van der Waals surface area (Å²) in [7, 11) is 0. The Bertz CT molecular complexity index is 126. The number of rotatable bonds is 2. The monoisotopic (exact) mass is 130 g/mol. The Morgan fingerprint density at radius 1 is 1.78 bits per heavy atom. The second-order valence-corrected chi connectivity index (χ2v) is 1.55. The van der Waals surface area contributed by atoms with Crippen LogP contribution in [-0.4, -0.2) is 11.2 Å². The molecule has 0 amide bonds. The SMILES string of the molecule is C/C=C(\CC)C(=O)OO. The lowest BCUT2D eigenvalue weighted by Gasteiger charge is -1.95. The van der Waals surface area contributed by atoms with Gasteiger partial charge in [-0.2, -0.15) is 5.26 Å². The van der Waals surface area contributed by atoms with Crippen LogP contribution in [0.1, 0.15) is 20.3 Å². The van der Waals surface area contributed by atoms with E-state index >= 15 is 0 Å². The Morgan fingerprint density at radius 3 is 2.44 bits per heavy atom. The molecule has 0 saturated heterocycles. The zero-order valence-corrected chi connectivity index (χ0v) is 5.55. The first-order valence-corrected chi connectivity index (χ1v) is 2.77. The van der Waals surface area contributed by atoms with Crippen LogP contribution in [-0.2, 0) is 9.68 Å². The van der Waals surface area contributed by atoms with E-state index in [0.29, 0.717) is 12.0 Å². The van der Waals surface area contributed by atoms with Crippen LogP contribution in [0.15, 0.2) is 11.6 Å². The lowest BCUT2D eigenvalue weighted by Crippen LogP contribution is -2.03. The highest BCUT2D eigenvalue weighted by molar-refractivity contribution is 5.87. The van der Waals surface area contributed by atoms with E-state index in [2.05, 4.69) is 4.89 Å². The third-order valence-electron chi connectivity index (χ3n) is 1.07. The van der Waals surface area contributed by atoms with Crippen molar-refractivity contribution >= 4 is 5.97 Å². The average Bonchev–Trinajstić information content (AvgIpc) is 1.90. The molecule has 3 nitrogen and oxygen atoms in total. The highest BCUT2D eigenvalue weighted by Gasteiger charge is 2.05. The molecule has 52 valence electrons. The van der Waals surface area contributed by atoms with E-state index in [1.54, 1.807) is 13.0 Å². The molecule has 0 rings (SSSR count). The number of allylic oxidation sites excluding steroid dienone is 1. The molecule has 0 saturated carbocycles. The van der Waals surface area contributed by atoms with Crippen LogP contribution in [0.25, 0.3) is 0 Å². The average molecular weight is 130 g/mol. The predicted octanol–water partition coefficient (Wildman–Crippen LogP) is 1.36. The number of carbonyl (C=O) groups is 1. The fourth-order valence-electron chi connectivity index (χ4n) is 0.525.